The summed E-state index contributed by atoms with van der Waals surface area (Å²) in [5.41, 5.74) is 0.999. The maximum absolute atomic E-state index is 5.92. The van der Waals surface area contributed by atoms with Crippen molar-refractivity contribution in [3.8, 4) is 0 Å². The van der Waals surface area contributed by atoms with E-state index in [2.05, 4.69) is 24.1 Å². The molecule has 0 spiro atoms. The summed E-state index contributed by atoms with van der Waals surface area (Å²) in [4.78, 5) is 4.54. The minimum atomic E-state index is 0.670. The summed E-state index contributed by atoms with van der Waals surface area (Å²) < 4.78 is 1.20. The van der Waals surface area contributed by atoms with Crippen LogP contribution in [0.3, 0.4) is 0 Å². The van der Waals surface area contributed by atoms with E-state index in [0.717, 1.165) is 28.6 Å². The van der Waals surface area contributed by atoms with E-state index in [4.69, 9.17) is 11.6 Å². The first-order valence-corrected chi connectivity index (χ1v) is 6.60. The van der Waals surface area contributed by atoms with Crippen molar-refractivity contribution < 1.29 is 0 Å². The van der Waals surface area contributed by atoms with E-state index in [0.29, 0.717) is 5.92 Å². The van der Waals surface area contributed by atoms with Crippen LogP contribution in [0.1, 0.15) is 18.9 Å². The van der Waals surface area contributed by atoms with E-state index in [1.165, 1.54) is 4.70 Å². The van der Waals surface area contributed by atoms with E-state index in [1.54, 1.807) is 11.3 Å². The smallest absolute Gasteiger partial charge is 0.108 e. The fraction of sp³-hybridized carbons (Fsp3) is 0.417. The summed E-state index contributed by atoms with van der Waals surface area (Å²) in [6.45, 7) is 6.27. The van der Waals surface area contributed by atoms with Gasteiger partial charge in [-0.15, -0.1) is 11.3 Å². The number of benzene rings is 1. The number of halogens is 1. The van der Waals surface area contributed by atoms with Gasteiger partial charge in [-0.2, -0.15) is 0 Å². The van der Waals surface area contributed by atoms with Gasteiger partial charge in [-0.05, 0) is 30.7 Å². The quantitative estimate of drug-likeness (QED) is 0.900. The average molecular weight is 255 g/mol. The SMILES string of the molecule is CC(C)CNCc1nc2cc(Cl)ccc2s1. The predicted molar refractivity (Wildman–Crippen MR) is 71.2 cm³/mol. The second-order valence-electron chi connectivity index (χ2n) is 4.24. The Hall–Kier alpha value is -0.640. The Balaban J connectivity index is 2.08. The molecule has 0 amide bonds. The summed E-state index contributed by atoms with van der Waals surface area (Å²) in [5.74, 6) is 0.670. The second-order valence-corrected chi connectivity index (χ2v) is 5.80. The van der Waals surface area contributed by atoms with Crippen molar-refractivity contribution in [1.82, 2.24) is 10.3 Å². The Bertz CT molecular complexity index is 479. The van der Waals surface area contributed by atoms with Crippen LogP contribution in [-0.4, -0.2) is 11.5 Å². The molecule has 0 fully saturated rings. The van der Waals surface area contributed by atoms with Gasteiger partial charge in [0, 0.05) is 11.6 Å². The van der Waals surface area contributed by atoms with Gasteiger partial charge in [-0.3, -0.25) is 0 Å². The van der Waals surface area contributed by atoms with Crippen LogP contribution in [0.2, 0.25) is 5.02 Å². The van der Waals surface area contributed by atoms with Gasteiger partial charge in [0.15, 0.2) is 0 Å². The molecule has 0 aliphatic carbocycles. The highest BCUT2D eigenvalue weighted by Gasteiger charge is 2.04. The van der Waals surface area contributed by atoms with E-state index in [1.807, 2.05) is 18.2 Å². The van der Waals surface area contributed by atoms with Crippen LogP contribution in [0.15, 0.2) is 18.2 Å². The molecule has 2 nitrogen and oxygen atoms in total. The number of thiazole rings is 1. The molecule has 0 saturated carbocycles. The molecule has 1 aromatic carbocycles. The molecule has 2 rings (SSSR count). The van der Waals surface area contributed by atoms with Gasteiger partial charge in [-0.25, -0.2) is 4.98 Å². The van der Waals surface area contributed by atoms with Gasteiger partial charge < -0.3 is 5.32 Å². The molecule has 0 saturated heterocycles. The molecule has 0 aliphatic rings. The van der Waals surface area contributed by atoms with E-state index >= 15 is 0 Å². The molecular formula is C12H15ClN2S. The summed E-state index contributed by atoms with van der Waals surface area (Å²) in [6.07, 6.45) is 0. The highest BCUT2D eigenvalue weighted by atomic mass is 35.5. The lowest BCUT2D eigenvalue weighted by atomic mass is 10.2. The topological polar surface area (TPSA) is 24.9 Å². The highest BCUT2D eigenvalue weighted by molar-refractivity contribution is 7.18. The summed E-state index contributed by atoms with van der Waals surface area (Å²) in [5, 5.41) is 5.26. The number of fused-ring (bicyclic) bond motifs is 1. The minimum absolute atomic E-state index is 0.670. The van der Waals surface area contributed by atoms with Crippen LogP contribution in [-0.2, 0) is 6.54 Å². The molecule has 0 atom stereocenters. The highest BCUT2D eigenvalue weighted by Crippen LogP contribution is 2.24. The van der Waals surface area contributed by atoms with Crippen LogP contribution in [0, 0.1) is 5.92 Å². The lowest BCUT2D eigenvalue weighted by Crippen LogP contribution is -2.18. The maximum Gasteiger partial charge on any atom is 0.108 e. The molecule has 2 aromatic rings. The molecule has 86 valence electrons. The Kier molecular flexibility index (Phi) is 3.79. The third-order valence-corrected chi connectivity index (χ3v) is 3.49. The molecule has 0 unspecified atom stereocenters. The van der Waals surface area contributed by atoms with Gasteiger partial charge in [0.25, 0.3) is 0 Å². The molecule has 1 aromatic heterocycles. The molecule has 0 aliphatic heterocycles. The fourth-order valence-corrected chi connectivity index (χ4v) is 2.58. The number of nitrogens with one attached hydrogen (secondary N) is 1. The van der Waals surface area contributed by atoms with Crippen molar-refractivity contribution in [2.45, 2.75) is 20.4 Å². The Labute approximate surface area is 105 Å². The van der Waals surface area contributed by atoms with Crippen LogP contribution >= 0.6 is 22.9 Å². The van der Waals surface area contributed by atoms with E-state index in [-0.39, 0.29) is 0 Å². The Morgan fingerprint density at radius 2 is 2.25 bits per heavy atom. The molecule has 16 heavy (non-hydrogen) atoms. The van der Waals surface area contributed by atoms with Crippen molar-refractivity contribution in [3.63, 3.8) is 0 Å². The average Bonchev–Trinajstić information content (AvgIpc) is 2.58. The van der Waals surface area contributed by atoms with Gasteiger partial charge in [0.2, 0.25) is 0 Å². The predicted octanol–water partition coefficient (Wildman–Crippen LogP) is 3.70. The molecule has 0 bridgehead atoms. The number of nitrogens with zero attached hydrogens (tertiary/aromatic N) is 1. The molecular weight excluding hydrogens is 240 g/mol. The van der Waals surface area contributed by atoms with Crippen LogP contribution in [0.4, 0.5) is 0 Å². The van der Waals surface area contributed by atoms with Gasteiger partial charge in [0.05, 0.1) is 10.2 Å². The van der Waals surface area contributed by atoms with Crippen molar-refractivity contribution >= 4 is 33.2 Å². The number of hydrogen-bond acceptors (Lipinski definition) is 3. The first-order valence-electron chi connectivity index (χ1n) is 5.41. The van der Waals surface area contributed by atoms with Gasteiger partial charge in [-0.1, -0.05) is 25.4 Å². The number of aromatic nitrogens is 1. The van der Waals surface area contributed by atoms with Crippen molar-refractivity contribution in [3.05, 3.63) is 28.2 Å². The molecule has 1 N–H and O–H groups in total. The van der Waals surface area contributed by atoms with Crippen LogP contribution in [0.25, 0.3) is 10.2 Å². The fourth-order valence-electron chi connectivity index (χ4n) is 1.49. The monoisotopic (exact) mass is 254 g/mol. The minimum Gasteiger partial charge on any atom is -0.310 e. The zero-order valence-electron chi connectivity index (χ0n) is 9.46. The lowest BCUT2D eigenvalue weighted by molar-refractivity contribution is 0.552. The first-order chi connectivity index (χ1) is 7.65. The van der Waals surface area contributed by atoms with E-state index < -0.39 is 0 Å². The first kappa shape index (κ1) is 11.8. The molecule has 1 heterocycles. The Morgan fingerprint density at radius 3 is 3.00 bits per heavy atom. The Morgan fingerprint density at radius 1 is 1.44 bits per heavy atom. The third kappa shape index (κ3) is 2.94. The standard InChI is InChI=1S/C12H15ClN2S/c1-8(2)6-14-7-12-15-10-5-9(13)3-4-11(10)16-12/h3-5,8,14H,6-7H2,1-2H3. The lowest BCUT2D eigenvalue weighted by Gasteiger charge is -2.04. The van der Waals surface area contributed by atoms with Crippen molar-refractivity contribution in [2.24, 2.45) is 5.92 Å². The number of rotatable bonds is 4. The number of hydrogen-bond donors (Lipinski definition) is 1. The van der Waals surface area contributed by atoms with Crippen LogP contribution in [0.5, 0.6) is 0 Å². The van der Waals surface area contributed by atoms with E-state index in [9.17, 15) is 0 Å². The zero-order chi connectivity index (χ0) is 11.5. The maximum atomic E-state index is 5.92. The summed E-state index contributed by atoms with van der Waals surface area (Å²) >= 11 is 7.65. The molecule has 0 radical (unpaired) electrons. The second kappa shape index (κ2) is 5.13. The molecule has 4 heteroatoms. The normalized spacial score (nSPS) is 11.5. The third-order valence-electron chi connectivity index (χ3n) is 2.22. The van der Waals surface area contributed by atoms with Crippen LogP contribution < -0.4 is 5.32 Å². The van der Waals surface area contributed by atoms with Crippen molar-refractivity contribution in [1.29, 1.82) is 0 Å². The summed E-state index contributed by atoms with van der Waals surface area (Å²) in [6, 6.07) is 5.86. The van der Waals surface area contributed by atoms with Gasteiger partial charge in [0.1, 0.15) is 5.01 Å². The van der Waals surface area contributed by atoms with Crippen molar-refractivity contribution in [2.75, 3.05) is 6.54 Å². The zero-order valence-corrected chi connectivity index (χ0v) is 11.0. The van der Waals surface area contributed by atoms with Gasteiger partial charge >= 0.3 is 0 Å². The largest absolute Gasteiger partial charge is 0.310 e. The summed E-state index contributed by atoms with van der Waals surface area (Å²) in [7, 11) is 0.